The monoisotopic (exact) mass is 490 g/mol. The first-order chi connectivity index (χ1) is 15.8. The Morgan fingerprint density at radius 2 is 1.88 bits per heavy atom. The van der Waals surface area contributed by atoms with Gasteiger partial charge >= 0.3 is 0 Å². The number of nitrogens with one attached hydrogen (secondary N) is 2. The number of carbonyl (C=O) groups is 1. The third kappa shape index (κ3) is 6.13. The van der Waals surface area contributed by atoms with Crippen molar-refractivity contribution in [2.75, 3.05) is 25.4 Å². The van der Waals surface area contributed by atoms with Crippen LogP contribution in [0.4, 0.5) is 10.2 Å². The van der Waals surface area contributed by atoms with Crippen LogP contribution in [0.3, 0.4) is 0 Å². The summed E-state index contributed by atoms with van der Waals surface area (Å²) in [6.45, 7) is 5.82. The van der Waals surface area contributed by atoms with E-state index >= 15 is 0 Å². The zero-order chi connectivity index (χ0) is 24.0. The Labute approximate surface area is 202 Å². The van der Waals surface area contributed by atoms with E-state index in [-0.39, 0.29) is 21.8 Å². The Hall–Kier alpha value is -2.87. The molecule has 0 aliphatic rings. The summed E-state index contributed by atoms with van der Waals surface area (Å²) in [7, 11) is 0. The highest BCUT2D eigenvalue weighted by Crippen LogP contribution is 2.36. The third-order valence-corrected chi connectivity index (χ3v) is 5.70. The topological polar surface area (TPSA) is 89.3 Å². The zero-order valence-corrected chi connectivity index (χ0v) is 19.8. The number of carbonyl (C=O) groups excluding carboxylic acids is 1. The molecule has 0 saturated heterocycles. The summed E-state index contributed by atoms with van der Waals surface area (Å²) in [5, 5.41) is 6.20. The Morgan fingerprint density at radius 3 is 2.58 bits per heavy atom. The lowest BCUT2D eigenvalue weighted by molar-refractivity contribution is 0.0954. The fourth-order valence-corrected chi connectivity index (χ4v) is 3.91. The number of nitrogens with two attached hydrogens (primary N) is 1. The number of pyridine rings is 1. The predicted octanol–water partition coefficient (Wildman–Crippen LogP) is 5.26. The molecule has 0 bridgehead atoms. The van der Waals surface area contributed by atoms with Crippen LogP contribution in [0, 0.1) is 5.82 Å². The van der Waals surface area contributed by atoms with E-state index in [1.807, 2.05) is 19.1 Å². The lowest BCUT2D eigenvalue weighted by atomic mass is 10.0. The van der Waals surface area contributed by atoms with Crippen LogP contribution in [0.25, 0.3) is 11.1 Å². The van der Waals surface area contributed by atoms with E-state index in [0.717, 1.165) is 17.7 Å². The molecule has 0 fully saturated rings. The molecule has 0 radical (unpaired) electrons. The molecule has 9 heteroatoms. The molecule has 1 amide bonds. The summed E-state index contributed by atoms with van der Waals surface area (Å²) in [5.41, 5.74) is 8.44. The lowest BCUT2D eigenvalue weighted by Crippen LogP contribution is -2.31. The molecular formula is C24H25Cl2FN4O2. The normalized spacial score (nSPS) is 11.8. The molecule has 6 nitrogen and oxygen atoms in total. The molecule has 1 atom stereocenters. The predicted molar refractivity (Wildman–Crippen MR) is 130 cm³/mol. The molecule has 0 spiro atoms. The lowest BCUT2D eigenvalue weighted by Gasteiger charge is -2.19. The van der Waals surface area contributed by atoms with Gasteiger partial charge in [0.25, 0.3) is 5.91 Å². The number of anilines is 1. The molecule has 1 aromatic heterocycles. The minimum atomic E-state index is -0.673. The van der Waals surface area contributed by atoms with Crippen LogP contribution in [0.15, 0.2) is 48.7 Å². The summed E-state index contributed by atoms with van der Waals surface area (Å²) >= 11 is 12.3. The van der Waals surface area contributed by atoms with E-state index in [0.29, 0.717) is 30.0 Å². The van der Waals surface area contributed by atoms with Crippen molar-refractivity contribution < 1.29 is 13.9 Å². The van der Waals surface area contributed by atoms with Gasteiger partial charge in [-0.3, -0.25) is 4.79 Å². The van der Waals surface area contributed by atoms with Crippen molar-refractivity contribution in [3.05, 3.63) is 75.7 Å². The Bertz CT molecular complexity index is 1130. The van der Waals surface area contributed by atoms with Crippen molar-refractivity contribution in [1.29, 1.82) is 0 Å². The van der Waals surface area contributed by atoms with Gasteiger partial charge in [0.1, 0.15) is 11.9 Å². The van der Waals surface area contributed by atoms with Crippen LogP contribution in [-0.4, -0.2) is 30.5 Å². The van der Waals surface area contributed by atoms with Gasteiger partial charge in [0.2, 0.25) is 0 Å². The Balaban J connectivity index is 1.76. The number of hydrogen-bond acceptors (Lipinski definition) is 5. The van der Waals surface area contributed by atoms with Crippen molar-refractivity contribution >= 4 is 34.9 Å². The summed E-state index contributed by atoms with van der Waals surface area (Å²) < 4.78 is 19.8. The van der Waals surface area contributed by atoms with Crippen molar-refractivity contribution in [2.24, 2.45) is 0 Å². The second-order valence-electron chi connectivity index (χ2n) is 7.31. The fourth-order valence-electron chi connectivity index (χ4n) is 3.23. The maximum Gasteiger partial charge on any atom is 0.251 e. The Kier molecular flexibility index (Phi) is 8.49. The molecule has 174 valence electrons. The van der Waals surface area contributed by atoms with Crippen molar-refractivity contribution in [2.45, 2.75) is 20.0 Å². The summed E-state index contributed by atoms with van der Waals surface area (Å²) in [5.74, 6) is -0.249. The van der Waals surface area contributed by atoms with E-state index in [1.165, 1.54) is 12.1 Å². The maximum atomic E-state index is 13.9. The van der Waals surface area contributed by atoms with E-state index < -0.39 is 11.9 Å². The number of rotatable bonds is 9. The number of benzene rings is 2. The van der Waals surface area contributed by atoms with Crippen molar-refractivity contribution in [3.63, 3.8) is 0 Å². The van der Waals surface area contributed by atoms with E-state index in [2.05, 4.69) is 15.6 Å². The second kappa shape index (κ2) is 11.3. The number of ether oxygens (including phenoxy) is 1. The molecule has 1 heterocycles. The molecule has 3 aromatic rings. The molecular weight excluding hydrogens is 466 g/mol. The number of likely N-dealkylation sites (N-methyl/N-ethyl adjacent to an activating group) is 1. The van der Waals surface area contributed by atoms with Gasteiger partial charge in [-0.1, -0.05) is 42.3 Å². The molecule has 2 aromatic carbocycles. The summed E-state index contributed by atoms with van der Waals surface area (Å²) in [6.07, 6.45) is 0.939. The number of amides is 1. The van der Waals surface area contributed by atoms with Crippen LogP contribution in [0.2, 0.25) is 10.0 Å². The summed E-state index contributed by atoms with van der Waals surface area (Å²) in [6, 6.07) is 11.5. The van der Waals surface area contributed by atoms with Gasteiger partial charge in [0, 0.05) is 41.0 Å². The first-order valence-electron chi connectivity index (χ1n) is 10.5. The minimum Gasteiger partial charge on any atom is -0.482 e. The van der Waals surface area contributed by atoms with E-state index in [4.69, 9.17) is 33.7 Å². The van der Waals surface area contributed by atoms with Crippen LogP contribution in [-0.2, 0) is 0 Å². The van der Waals surface area contributed by atoms with Crippen LogP contribution in [0.1, 0.15) is 35.9 Å². The average Bonchev–Trinajstić information content (AvgIpc) is 2.81. The number of aromatic nitrogens is 1. The standard InChI is InChI=1S/C24H25Cl2FN4O2/c1-3-29-10-11-30-24(32)16-6-4-15(5-7-16)17-12-20(23(28)31-13-17)33-14(2)21-18(25)8-9-19(27)22(21)26/h4-9,12-14,29H,3,10-11H2,1-2H3,(H2,28,31)(H,30,32). The minimum absolute atomic E-state index is 0.1000. The molecule has 33 heavy (non-hydrogen) atoms. The van der Waals surface area contributed by atoms with Crippen molar-refractivity contribution in [1.82, 2.24) is 15.6 Å². The van der Waals surface area contributed by atoms with Crippen molar-refractivity contribution in [3.8, 4) is 16.9 Å². The quantitative estimate of drug-likeness (QED) is 0.281. The van der Waals surface area contributed by atoms with Gasteiger partial charge in [-0.25, -0.2) is 9.37 Å². The molecule has 0 aliphatic carbocycles. The van der Waals surface area contributed by atoms with E-state index in [1.54, 1.807) is 31.3 Å². The first-order valence-corrected chi connectivity index (χ1v) is 11.2. The highest BCUT2D eigenvalue weighted by molar-refractivity contribution is 6.36. The number of hydrogen-bond donors (Lipinski definition) is 3. The third-order valence-electron chi connectivity index (χ3n) is 4.99. The van der Waals surface area contributed by atoms with Crippen LogP contribution >= 0.6 is 23.2 Å². The maximum absolute atomic E-state index is 13.9. The van der Waals surface area contributed by atoms with Gasteiger partial charge < -0.3 is 21.1 Å². The Morgan fingerprint density at radius 1 is 1.15 bits per heavy atom. The zero-order valence-electron chi connectivity index (χ0n) is 18.3. The van der Waals surface area contributed by atoms with Gasteiger partial charge in [0.05, 0.1) is 5.02 Å². The van der Waals surface area contributed by atoms with E-state index in [9.17, 15) is 9.18 Å². The molecule has 4 N–H and O–H groups in total. The van der Waals surface area contributed by atoms with Gasteiger partial charge in [-0.05, 0) is 49.4 Å². The smallest absolute Gasteiger partial charge is 0.251 e. The molecule has 0 saturated carbocycles. The first kappa shape index (κ1) is 24.8. The fraction of sp³-hybridized carbons (Fsp3) is 0.250. The number of halogens is 3. The molecule has 3 rings (SSSR count). The number of nitrogen functional groups attached to an aromatic ring is 1. The largest absolute Gasteiger partial charge is 0.482 e. The molecule has 0 aliphatic heterocycles. The highest BCUT2D eigenvalue weighted by Gasteiger charge is 2.20. The highest BCUT2D eigenvalue weighted by atomic mass is 35.5. The van der Waals surface area contributed by atoms with Gasteiger partial charge in [-0.2, -0.15) is 0 Å². The van der Waals surface area contributed by atoms with Gasteiger partial charge in [-0.15, -0.1) is 0 Å². The second-order valence-corrected chi connectivity index (χ2v) is 8.10. The van der Waals surface area contributed by atoms with Crippen LogP contribution in [0.5, 0.6) is 5.75 Å². The average molecular weight is 491 g/mol. The molecule has 1 unspecified atom stereocenters. The van der Waals surface area contributed by atoms with Crippen LogP contribution < -0.4 is 21.1 Å². The summed E-state index contributed by atoms with van der Waals surface area (Å²) in [4.78, 5) is 16.5. The number of nitrogens with zero attached hydrogens (tertiary/aromatic N) is 1. The SMILES string of the molecule is CCNCCNC(=O)c1ccc(-c2cnc(N)c(OC(C)c3c(Cl)ccc(F)c3Cl)c2)cc1. The van der Waals surface area contributed by atoms with Gasteiger partial charge in [0.15, 0.2) is 11.6 Å².